The van der Waals surface area contributed by atoms with Crippen LogP contribution >= 0.6 is 0 Å². The molecule has 45 heavy (non-hydrogen) atoms. The maximum atomic E-state index is 13.0. The maximum absolute atomic E-state index is 13.0. The van der Waals surface area contributed by atoms with Crippen LogP contribution in [0.5, 0.6) is 0 Å². The van der Waals surface area contributed by atoms with Crippen molar-refractivity contribution < 1.29 is 19.1 Å². The van der Waals surface area contributed by atoms with Gasteiger partial charge in [-0.15, -0.1) is 0 Å². The Bertz CT molecular complexity index is 2110. The summed E-state index contributed by atoms with van der Waals surface area (Å²) >= 11 is 0. The summed E-state index contributed by atoms with van der Waals surface area (Å²) in [5.41, 5.74) is 8.11. The second kappa shape index (κ2) is 10.6. The number of hydrogen-bond acceptors (Lipinski definition) is 7. The van der Waals surface area contributed by atoms with Crippen molar-refractivity contribution in [1.82, 2.24) is 19.9 Å². The number of ether oxygens (including phenoxy) is 2. The van der Waals surface area contributed by atoms with Gasteiger partial charge in [0, 0.05) is 11.8 Å². The third kappa shape index (κ3) is 4.54. The Balaban J connectivity index is 0.954. The number of carbonyl (C=O) groups is 2. The molecule has 0 saturated heterocycles. The molecule has 6 aromatic rings. The predicted octanol–water partition coefficient (Wildman–Crippen LogP) is 5.98. The number of H-pyrrole nitrogens is 2. The Morgan fingerprint density at radius 2 is 1.11 bits per heavy atom. The minimum absolute atomic E-state index is 0.0170. The van der Waals surface area contributed by atoms with Crippen molar-refractivity contribution in [3.05, 3.63) is 135 Å². The van der Waals surface area contributed by atoms with Crippen LogP contribution < -0.4 is 10.9 Å². The van der Waals surface area contributed by atoms with Crippen molar-refractivity contribution in [2.45, 2.75) is 11.8 Å². The summed E-state index contributed by atoms with van der Waals surface area (Å²) < 4.78 is 11.2. The average Bonchev–Trinajstić information content (AvgIpc) is 3.74. The molecule has 0 radical (unpaired) electrons. The molecule has 10 heteroatoms. The fraction of sp³-hybridized carbons (Fsp3) is 0.114. The Labute approximate surface area is 256 Å². The topological polar surface area (TPSA) is 139 Å². The molecular weight excluding hydrogens is 570 g/mol. The number of nitrogens with zero attached hydrogens (tertiary/aromatic N) is 2. The smallest absolute Gasteiger partial charge is 0.414 e. The van der Waals surface area contributed by atoms with Crippen LogP contribution in [0.2, 0.25) is 0 Å². The fourth-order valence-corrected chi connectivity index (χ4v) is 6.46. The van der Waals surface area contributed by atoms with Gasteiger partial charge in [-0.3, -0.25) is 15.1 Å². The standard InChI is InChI=1S/C35H25N5O5/c41-32-29-30(37-31(36-29)33(42)44-17-27-23-13-5-1-9-19(23)20-10-2-6-14-24(20)27)38-34(39-32)40-35(43)45-18-28-25-15-7-3-11-21(25)22-12-4-8-16-26(22)28/h1-16,27-28H,17-18H2,(H3,36,37,38,39,40,41,43). The Kier molecular flexibility index (Phi) is 6.26. The van der Waals surface area contributed by atoms with Crippen LogP contribution in [-0.4, -0.2) is 45.2 Å². The molecule has 2 heterocycles. The van der Waals surface area contributed by atoms with Gasteiger partial charge < -0.3 is 14.5 Å². The minimum Gasteiger partial charge on any atom is -0.459 e. The molecule has 220 valence electrons. The highest BCUT2D eigenvalue weighted by Gasteiger charge is 2.31. The van der Waals surface area contributed by atoms with E-state index >= 15 is 0 Å². The number of fused-ring (bicyclic) bond motifs is 7. The first-order valence-electron chi connectivity index (χ1n) is 14.5. The largest absolute Gasteiger partial charge is 0.459 e. The van der Waals surface area contributed by atoms with Gasteiger partial charge in [-0.2, -0.15) is 4.98 Å². The van der Waals surface area contributed by atoms with Crippen LogP contribution in [0.15, 0.2) is 102 Å². The van der Waals surface area contributed by atoms with Crippen molar-refractivity contribution in [2.24, 2.45) is 0 Å². The number of carbonyl (C=O) groups excluding carboxylic acids is 2. The van der Waals surface area contributed by atoms with Gasteiger partial charge in [0.25, 0.3) is 5.56 Å². The van der Waals surface area contributed by atoms with E-state index in [-0.39, 0.29) is 48.0 Å². The number of benzene rings is 4. The molecule has 2 aliphatic rings. The second-order valence-electron chi connectivity index (χ2n) is 11.0. The summed E-state index contributed by atoms with van der Waals surface area (Å²) in [5, 5.41) is 2.47. The molecule has 0 bridgehead atoms. The number of amides is 1. The zero-order chi connectivity index (χ0) is 30.5. The van der Waals surface area contributed by atoms with E-state index in [1.54, 1.807) is 0 Å². The van der Waals surface area contributed by atoms with E-state index in [1.807, 2.05) is 72.8 Å². The van der Waals surface area contributed by atoms with Crippen molar-refractivity contribution in [3.8, 4) is 22.3 Å². The van der Waals surface area contributed by atoms with Crippen LogP contribution in [0.4, 0.5) is 10.7 Å². The number of esters is 1. The van der Waals surface area contributed by atoms with Crippen molar-refractivity contribution in [2.75, 3.05) is 18.5 Å². The molecule has 4 aromatic carbocycles. The van der Waals surface area contributed by atoms with E-state index in [1.165, 1.54) is 0 Å². The molecule has 3 N–H and O–H groups in total. The molecule has 0 atom stereocenters. The van der Waals surface area contributed by atoms with Crippen LogP contribution in [0.25, 0.3) is 33.4 Å². The molecule has 0 unspecified atom stereocenters. The highest BCUT2D eigenvalue weighted by Crippen LogP contribution is 2.45. The van der Waals surface area contributed by atoms with Gasteiger partial charge in [0.05, 0.1) is 0 Å². The molecule has 0 fully saturated rings. The van der Waals surface area contributed by atoms with E-state index < -0.39 is 17.6 Å². The monoisotopic (exact) mass is 595 g/mol. The summed E-state index contributed by atoms with van der Waals surface area (Å²) in [6, 6.07) is 32.1. The third-order valence-electron chi connectivity index (χ3n) is 8.46. The fourth-order valence-electron chi connectivity index (χ4n) is 6.46. The van der Waals surface area contributed by atoms with Gasteiger partial charge in [-0.25, -0.2) is 14.6 Å². The van der Waals surface area contributed by atoms with E-state index in [0.29, 0.717) is 0 Å². The summed E-state index contributed by atoms with van der Waals surface area (Å²) in [7, 11) is 0. The molecule has 0 aliphatic heterocycles. The van der Waals surface area contributed by atoms with E-state index in [4.69, 9.17) is 9.47 Å². The maximum Gasteiger partial charge on any atom is 0.414 e. The van der Waals surface area contributed by atoms with Gasteiger partial charge in [0.2, 0.25) is 11.8 Å². The van der Waals surface area contributed by atoms with Crippen LogP contribution in [-0.2, 0) is 9.47 Å². The van der Waals surface area contributed by atoms with Crippen LogP contribution in [0, 0.1) is 0 Å². The Hall–Kier alpha value is -6.03. The number of anilines is 1. The number of nitrogens with one attached hydrogen (secondary N) is 3. The number of aromatic nitrogens is 4. The molecule has 10 nitrogen and oxygen atoms in total. The average molecular weight is 596 g/mol. The summed E-state index contributed by atoms with van der Waals surface area (Å²) in [5.74, 6) is -1.29. The summed E-state index contributed by atoms with van der Waals surface area (Å²) in [6.45, 7) is 0.197. The van der Waals surface area contributed by atoms with Gasteiger partial charge in [-0.1, -0.05) is 97.1 Å². The van der Waals surface area contributed by atoms with E-state index in [9.17, 15) is 14.4 Å². The number of hydrogen-bond donors (Lipinski definition) is 3. The zero-order valence-electron chi connectivity index (χ0n) is 23.7. The molecule has 8 rings (SSSR count). The third-order valence-corrected chi connectivity index (χ3v) is 8.46. The highest BCUT2D eigenvalue weighted by molar-refractivity contribution is 5.90. The van der Waals surface area contributed by atoms with E-state index in [2.05, 4.69) is 49.5 Å². The zero-order valence-corrected chi connectivity index (χ0v) is 23.7. The molecule has 0 spiro atoms. The Morgan fingerprint density at radius 3 is 1.62 bits per heavy atom. The lowest BCUT2D eigenvalue weighted by molar-refractivity contribution is 0.0481. The molecule has 1 amide bonds. The van der Waals surface area contributed by atoms with Gasteiger partial charge in [-0.05, 0) is 44.5 Å². The quantitative estimate of drug-likeness (QED) is 0.201. The van der Waals surface area contributed by atoms with Crippen molar-refractivity contribution >= 4 is 29.2 Å². The van der Waals surface area contributed by atoms with E-state index in [0.717, 1.165) is 44.5 Å². The number of rotatable bonds is 6. The number of imidazole rings is 1. The Morgan fingerprint density at radius 1 is 0.644 bits per heavy atom. The molecular formula is C35H25N5O5. The minimum atomic E-state index is -0.786. The molecule has 2 aromatic heterocycles. The van der Waals surface area contributed by atoms with Crippen LogP contribution in [0.3, 0.4) is 0 Å². The SMILES string of the molecule is O=C(Nc1nc2nc(C(=O)OCC3c4ccccc4-c4ccccc43)[nH]c2c(=O)[nH]1)OCC1c2ccccc2-c2ccccc21. The lowest BCUT2D eigenvalue weighted by atomic mass is 9.98. The van der Waals surface area contributed by atoms with Gasteiger partial charge in [0.15, 0.2) is 11.2 Å². The predicted molar refractivity (Wildman–Crippen MR) is 167 cm³/mol. The highest BCUT2D eigenvalue weighted by atomic mass is 16.5. The van der Waals surface area contributed by atoms with Crippen molar-refractivity contribution in [1.29, 1.82) is 0 Å². The van der Waals surface area contributed by atoms with Gasteiger partial charge in [0.1, 0.15) is 13.2 Å². The first-order valence-corrected chi connectivity index (χ1v) is 14.5. The first kappa shape index (κ1) is 26.6. The van der Waals surface area contributed by atoms with Crippen molar-refractivity contribution in [3.63, 3.8) is 0 Å². The van der Waals surface area contributed by atoms with Gasteiger partial charge >= 0.3 is 12.1 Å². The summed E-state index contributed by atoms with van der Waals surface area (Å²) in [4.78, 5) is 52.1. The second-order valence-corrected chi connectivity index (χ2v) is 11.0. The van der Waals surface area contributed by atoms with Crippen LogP contribution in [0.1, 0.15) is 44.7 Å². The number of aromatic amines is 2. The normalized spacial score (nSPS) is 13.2. The lowest BCUT2D eigenvalue weighted by Gasteiger charge is -2.14. The molecule has 2 aliphatic carbocycles. The summed E-state index contributed by atoms with van der Waals surface area (Å²) in [6.07, 6.45) is -0.786. The lowest BCUT2D eigenvalue weighted by Crippen LogP contribution is -2.21. The first-order chi connectivity index (χ1) is 22.0. The molecule has 0 saturated carbocycles.